The number of carbonyl (C=O) groups is 2. The number of methoxy groups -OCH3 is 1. The van der Waals surface area contributed by atoms with Crippen molar-refractivity contribution < 1.29 is 19.1 Å². The Morgan fingerprint density at radius 1 is 1.15 bits per heavy atom. The van der Waals surface area contributed by atoms with Crippen LogP contribution < -0.4 is 20.5 Å². The maximum absolute atomic E-state index is 12.1. The van der Waals surface area contributed by atoms with E-state index in [-0.39, 0.29) is 29.9 Å². The zero-order valence-corrected chi connectivity index (χ0v) is 15.0. The standard InChI is InChI=1S/C20H24N2O4/c1-14(8-9-15-6-4-3-5-7-15)22-19(23)13-26-18-12-16(25-2)10-11-17(18)20(21)24/h3-7,10-12,14H,8-9,13H2,1-2H3,(H2,21,24)(H,22,23)/t14-/m0/s1. The van der Waals surface area contributed by atoms with Crippen molar-refractivity contribution in [1.29, 1.82) is 0 Å². The maximum atomic E-state index is 12.1. The van der Waals surface area contributed by atoms with E-state index in [9.17, 15) is 9.59 Å². The minimum atomic E-state index is -0.626. The lowest BCUT2D eigenvalue weighted by molar-refractivity contribution is -0.123. The molecule has 2 rings (SSSR count). The van der Waals surface area contributed by atoms with Gasteiger partial charge in [0, 0.05) is 12.1 Å². The first kappa shape index (κ1) is 19.3. The lowest BCUT2D eigenvalue weighted by Crippen LogP contribution is -2.36. The number of nitrogens with two attached hydrogens (primary N) is 1. The Hall–Kier alpha value is -3.02. The third-order valence-electron chi connectivity index (χ3n) is 3.93. The van der Waals surface area contributed by atoms with E-state index in [2.05, 4.69) is 17.4 Å². The van der Waals surface area contributed by atoms with Crippen molar-refractivity contribution in [3.63, 3.8) is 0 Å². The molecule has 0 aliphatic heterocycles. The third kappa shape index (κ3) is 5.81. The van der Waals surface area contributed by atoms with E-state index in [1.54, 1.807) is 6.07 Å². The van der Waals surface area contributed by atoms with Crippen LogP contribution in [0.4, 0.5) is 0 Å². The third-order valence-corrected chi connectivity index (χ3v) is 3.93. The molecule has 0 radical (unpaired) electrons. The predicted molar refractivity (Wildman–Crippen MR) is 99.4 cm³/mol. The molecular formula is C20H24N2O4. The summed E-state index contributed by atoms with van der Waals surface area (Å²) >= 11 is 0. The molecule has 2 aromatic rings. The predicted octanol–water partition coefficient (Wildman–Crippen LogP) is 2.31. The lowest BCUT2D eigenvalue weighted by Gasteiger charge is -2.15. The number of primary amides is 1. The zero-order chi connectivity index (χ0) is 18.9. The van der Waals surface area contributed by atoms with Crippen LogP contribution in [0.15, 0.2) is 48.5 Å². The van der Waals surface area contributed by atoms with E-state index in [4.69, 9.17) is 15.2 Å². The molecule has 26 heavy (non-hydrogen) atoms. The number of benzene rings is 2. The van der Waals surface area contributed by atoms with E-state index >= 15 is 0 Å². The summed E-state index contributed by atoms with van der Waals surface area (Å²) < 4.78 is 10.6. The van der Waals surface area contributed by atoms with Crippen LogP contribution in [-0.2, 0) is 11.2 Å². The Kier molecular flexibility index (Phi) is 7.02. The van der Waals surface area contributed by atoms with Gasteiger partial charge in [-0.1, -0.05) is 30.3 Å². The van der Waals surface area contributed by atoms with Crippen molar-refractivity contribution in [2.75, 3.05) is 13.7 Å². The summed E-state index contributed by atoms with van der Waals surface area (Å²) in [7, 11) is 1.50. The largest absolute Gasteiger partial charge is 0.497 e. The summed E-state index contributed by atoms with van der Waals surface area (Å²) in [5, 5.41) is 2.89. The van der Waals surface area contributed by atoms with Crippen molar-refractivity contribution >= 4 is 11.8 Å². The van der Waals surface area contributed by atoms with Gasteiger partial charge in [0.05, 0.1) is 12.7 Å². The molecule has 2 amide bonds. The zero-order valence-electron chi connectivity index (χ0n) is 15.0. The number of ether oxygens (including phenoxy) is 2. The van der Waals surface area contributed by atoms with Crippen LogP contribution in [0.25, 0.3) is 0 Å². The van der Waals surface area contributed by atoms with E-state index in [1.807, 2.05) is 25.1 Å². The van der Waals surface area contributed by atoms with Gasteiger partial charge in [-0.15, -0.1) is 0 Å². The van der Waals surface area contributed by atoms with Gasteiger partial charge in [-0.05, 0) is 37.5 Å². The molecule has 0 saturated heterocycles. The summed E-state index contributed by atoms with van der Waals surface area (Å²) in [6.45, 7) is 1.74. The van der Waals surface area contributed by atoms with Gasteiger partial charge in [0.2, 0.25) is 0 Å². The first-order valence-corrected chi connectivity index (χ1v) is 8.43. The molecule has 0 aliphatic rings. The van der Waals surface area contributed by atoms with Crippen molar-refractivity contribution in [2.45, 2.75) is 25.8 Å². The highest BCUT2D eigenvalue weighted by molar-refractivity contribution is 5.96. The Labute approximate surface area is 153 Å². The van der Waals surface area contributed by atoms with Crippen LogP contribution in [0.2, 0.25) is 0 Å². The second-order valence-electron chi connectivity index (χ2n) is 6.01. The average Bonchev–Trinajstić information content (AvgIpc) is 2.65. The summed E-state index contributed by atoms with van der Waals surface area (Å²) in [5.41, 5.74) is 6.76. The normalized spacial score (nSPS) is 11.5. The van der Waals surface area contributed by atoms with Crippen molar-refractivity contribution in [1.82, 2.24) is 5.32 Å². The van der Waals surface area contributed by atoms with Crippen LogP contribution in [-0.4, -0.2) is 31.6 Å². The van der Waals surface area contributed by atoms with Crippen LogP contribution in [0.5, 0.6) is 11.5 Å². The summed E-state index contributed by atoms with van der Waals surface area (Å²) in [5.74, 6) is -0.145. The number of hydrogen-bond donors (Lipinski definition) is 2. The van der Waals surface area contributed by atoms with E-state index in [1.165, 1.54) is 24.8 Å². The fourth-order valence-corrected chi connectivity index (χ4v) is 2.51. The molecule has 1 atom stereocenters. The molecule has 0 aromatic heterocycles. The molecule has 0 spiro atoms. The highest BCUT2D eigenvalue weighted by atomic mass is 16.5. The molecule has 0 bridgehead atoms. The molecule has 0 aliphatic carbocycles. The van der Waals surface area contributed by atoms with Gasteiger partial charge in [0.15, 0.2) is 6.61 Å². The molecule has 6 heteroatoms. The number of amides is 2. The first-order chi connectivity index (χ1) is 12.5. The van der Waals surface area contributed by atoms with Crippen LogP contribution in [0.1, 0.15) is 29.3 Å². The topological polar surface area (TPSA) is 90.7 Å². The monoisotopic (exact) mass is 356 g/mol. The number of aryl methyl sites for hydroxylation is 1. The summed E-state index contributed by atoms with van der Waals surface area (Å²) in [6, 6.07) is 14.8. The van der Waals surface area contributed by atoms with Crippen LogP contribution in [0.3, 0.4) is 0 Å². The van der Waals surface area contributed by atoms with E-state index in [0.29, 0.717) is 5.75 Å². The van der Waals surface area contributed by atoms with Gasteiger partial charge >= 0.3 is 0 Å². The second-order valence-corrected chi connectivity index (χ2v) is 6.01. The fraction of sp³-hybridized carbons (Fsp3) is 0.300. The van der Waals surface area contributed by atoms with Crippen molar-refractivity contribution in [2.24, 2.45) is 5.73 Å². The first-order valence-electron chi connectivity index (χ1n) is 8.43. The lowest BCUT2D eigenvalue weighted by atomic mass is 10.1. The molecule has 6 nitrogen and oxygen atoms in total. The SMILES string of the molecule is COc1ccc(C(N)=O)c(OCC(=O)N[C@@H](C)CCc2ccccc2)c1. The fourth-order valence-electron chi connectivity index (χ4n) is 2.51. The average molecular weight is 356 g/mol. The minimum Gasteiger partial charge on any atom is -0.497 e. The maximum Gasteiger partial charge on any atom is 0.258 e. The Bertz CT molecular complexity index is 747. The molecule has 0 saturated carbocycles. The van der Waals surface area contributed by atoms with Gasteiger partial charge in [-0.3, -0.25) is 9.59 Å². The Balaban J connectivity index is 1.85. The molecule has 3 N–H and O–H groups in total. The van der Waals surface area contributed by atoms with Gasteiger partial charge in [0.25, 0.3) is 11.8 Å². The van der Waals surface area contributed by atoms with Gasteiger partial charge in [-0.2, -0.15) is 0 Å². The quantitative estimate of drug-likeness (QED) is 0.721. The molecule has 0 unspecified atom stereocenters. The molecule has 0 heterocycles. The van der Waals surface area contributed by atoms with Crippen LogP contribution >= 0.6 is 0 Å². The summed E-state index contributed by atoms with van der Waals surface area (Å²) in [4.78, 5) is 23.6. The second kappa shape index (κ2) is 9.46. The summed E-state index contributed by atoms with van der Waals surface area (Å²) in [6.07, 6.45) is 1.70. The van der Waals surface area contributed by atoms with Crippen molar-refractivity contribution in [3.05, 3.63) is 59.7 Å². The van der Waals surface area contributed by atoms with Crippen LogP contribution in [0, 0.1) is 0 Å². The molecule has 0 fully saturated rings. The minimum absolute atomic E-state index is 0.00669. The van der Waals surface area contributed by atoms with Gasteiger partial charge in [-0.25, -0.2) is 0 Å². The van der Waals surface area contributed by atoms with E-state index < -0.39 is 5.91 Å². The van der Waals surface area contributed by atoms with Crippen molar-refractivity contribution in [3.8, 4) is 11.5 Å². The molecule has 2 aromatic carbocycles. The Morgan fingerprint density at radius 3 is 2.54 bits per heavy atom. The van der Waals surface area contributed by atoms with Gasteiger partial charge < -0.3 is 20.5 Å². The Morgan fingerprint density at radius 2 is 1.88 bits per heavy atom. The highest BCUT2D eigenvalue weighted by Gasteiger charge is 2.14. The number of carbonyl (C=O) groups excluding carboxylic acids is 2. The van der Waals surface area contributed by atoms with Gasteiger partial charge in [0.1, 0.15) is 11.5 Å². The number of nitrogens with one attached hydrogen (secondary N) is 1. The molecule has 138 valence electrons. The smallest absolute Gasteiger partial charge is 0.258 e. The number of rotatable bonds is 9. The highest BCUT2D eigenvalue weighted by Crippen LogP contribution is 2.24. The van der Waals surface area contributed by atoms with E-state index in [0.717, 1.165) is 12.8 Å². The molecular weight excluding hydrogens is 332 g/mol. The number of hydrogen-bond acceptors (Lipinski definition) is 4.